The third kappa shape index (κ3) is 43.5. The molecule has 8 nitrogen and oxygen atoms in total. The van der Waals surface area contributed by atoms with E-state index in [0.717, 1.165) is 96.3 Å². The molecule has 2 atom stereocenters. The number of rotatable bonds is 44. The van der Waals surface area contributed by atoms with Crippen LogP contribution >= 0.6 is 0 Å². The van der Waals surface area contributed by atoms with Gasteiger partial charge in [0.25, 0.3) is 0 Å². The Balaban J connectivity index is 4.39. The summed E-state index contributed by atoms with van der Waals surface area (Å²) >= 11 is 0. The molecule has 0 heterocycles. The van der Waals surface area contributed by atoms with E-state index in [4.69, 9.17) is 14.2 Å². The van der Waals surface area contributed by atoms with E-state index in [1.54, 1.807) is 0 Å². The van der Waals surface area contributed by atoms with E-state index in [1.807, 2.05) is 21.1 Å². The summed E-state index contributed by atoms with van der Waals surface area (Å²) in [5.41, 5.74) is 0. The van der Waals surface area contributed by atoms with E-state index in [9.17, 15) is 19.5 Å². The largest absolute Gasteiger partial charge is 0.477 e. The van der Waals surface area contributed by atoms with Crippen LogP contribution in [0.3, 0.4) is 0 Å². The van der Waals surface area contributed by atoms with Crippen LogP contribution in [-0.4, -0.2) is 80.6 Å². The number of allylic oxidation sites excluding steroid dienone is 16. The molecule has 0 aliphatic carbocycles. The van der Waals surface area contributed by atoms with E-state index >= 15 is 0 Å². The summed E-state index contributed by atoms with van der Waals surface area (Å²) in [6.07, 6.45) is 61.7. The molecule has 0 aromatic heterocycles. The van der Waals surface area contributed by atoms with Crippen LogP contribution in [0.15, 0.2) is 97.2 Å². The maximum atomic E-state index is 12.8. The van der Waals surface area contributed by atoms with Gasteiger partial charge in [-0.25, -0.2) is 4.79 Å². The SMILES string of the molecule is CC/C=C/C/C=C/C/C=C/C/C=C/C/C=C/C/C=C/CCCCCC(=O)OC(COCCC(C(=O)O)[N+](C)(C)C)COC(=O)CCCCCCC/C=C/C=C/CCCCCCCCC. The van der Waals surface area contributed by atoms with Crippen LogP contribution < -0.4 is 0 Å². The highest BCUT2D eigenvalue weighted by molar-refractivity contribution is 5.72. The Morgan fingerprint density at radius 1 is 0.500 bits per heavy atom. The van der Waals surface area contributed by atoms with Crippen molar-refractivity contribution >= 4 is 17.9 Å². The highest BCUT2D eigenvalue weighted by atomic mass is 16.6. The zero-order chi connectivity index (χ0) is 47.0. The van der Waals surface area contributed by atoms with Crippen LogP contribution in [0, 0.1) is 0 Å². The number of nitrogens with zero attached hydrogens (tertiary/aromatic N) is 1. The molecule has 0 rings (SSSR count). The highest BCUT2D eigenvalue weighted by Crippen LogP contribution is 2.13. The second kappa shape index (κ2) is 45.8. The molecule has 0 saturated heterocycles. The Morgan fingerprint density at radius 3 is 1.41 bits per heavy atom. The monoisotopic (exact) mass is 893 g/mol. The molecular formula is C56H94NO7+. The summed E-state index contributed by atoms with van der Waals surface area (Å²) in [7, 11) is 5.51. The third-order valence-electron chi connectivity index (χ3n) is 10.7. The van der Waals surface area contributed by atoms with E-state index in [1.165, 1.54) is 51.4 Å². The molecule has 364 valence electrons. The molecule has 0 aromatic rings. The van der Waals surface area contributed by atoms with Crippen molar-refractivity contribution in [3.8, 4) is 0 Å². The smallest absolute Gasteiger partial charge is 0.362 e. The first-order valence-electron chi connectivity index (χ1n) is 25.3. The van der Waals surface area contributed by atoms with E-state index < -0.39 is 18.1 Å². The summed E-state index contributed by atoms with van der Waals surface area (Å²) in [4.78, 5) is 37.1. The van der Waals surface area contributed by atoms with Gasteiger partial charge in [-0.05, 0) is 89.9 Å². The summed E-state index contributed by atoms with van der Waals surface area (Å²) in [5, 5.41) is 9.65. The van der Waals surface area contributed by atoms with Gasteiger partial charge < -0.3 is 23.8 Å². The van der Waals surface area contributed by atoms with Gasteiger partial charge in [0.1, 0.15) is 6.61 Å². The van der Waals surface area contributed by atoms with E-state index in [2.05, 4.69) is 111 Å². The van der Waals surface area contributed by atoms with Crippen molar-refractivity contribution in [2.45, 2.75) is 199 Å². The Bertz CT molecular complexity index is 1360. The molecule has 0 spiro atoms. The molecule has 0 bridgehead atoms. The molecule has 0 amide bonds. The quantitative estimate of drug-likeness (QED) is 0.0214. The van der Waals surface area contributed by atoms with Crippen LogP contribution in [0.2, 0.25) is 0 Å². The first-order chi connectivity index (χ1) is 31.1. The number of ether oxygens (including phenoxy) is 3. The standard InChI is InChI=1S/C56H93NO7/c1-6-8-10-12-14-16-18-20-22-24-26-27-28-29-31-33-35-37-39-41-43-45-47-55(59)64-52(50-62-49-48-53(56(60)61)57(3,4)5)51-63-54(58)46-44-42-40-38-36-34-32-30-25-23-21-19-17-15-13-11-9-7-2/h8,10,14,16,20,22-23,25-27,29-32,35,37,52-53H,6-7,9,11-13,15,17-19,21,24,28,33-34,36,38-51H2,1-5H3/p+1/b10-8+,16-14+,22-20+,25-23+,27-26+,31-29+,32-30+,37-35+. The fourth-order valence-corrected chi connectivity index (χ4v) is 6.85. The fraction of sp³-hybridized carbons (Fsp3) is 0.661. The van der Waals surface area contributed by atoms with Gasteiger partial charge in [-0.15, -0.1) is 0 Å². The van der Waals surface area contributed by atoms with Crippen LogP contribution in [0.5, 0.6) is 0 Å². The Hall–Kier alpha value is -3.75. The van der Waals surface area contributed by atoms with Crippen molar-refractivity contribution in [2.75, 3.05) is 41.0 Å². The third-order valence-corrected chi connectivity index (χ3v) is 10.7. The predicted molar refractivity (Wildman–Crippen MR) is 270 cm³/mol. The van der Waals surface area contributed by atoms with Gasteiger partial charge in [0.15, 0.2) is 12.1 Å². The fourth-order valence-electron chi connectivity index (χ4n) is 6.85. The first kappa shape index (κ1) is 60.2. The van der Waals surface area contributed by atoms with Crippen LogP contribution in [0.1, 0.15) is 187 Å². The number of carbonyl (C=O) groups is 3. The molecule has 0 saturated carbocycles. The zero-order valence-electron chi connectivity index (χ0n) is 41.4. The maximum absolute atomic E-state index is 12.8. The van der Waals surface area contributed by atoms with E-state index in [0.29, 0.717) is 19.3 Å². The molecule has 8 heteroatoms. The van der Waals surface area contributed by atoms with Crippen molar-refractivity contribution in [3.63, 3.8) is 0 Å². The lowest BCUT2D eigenvalue weighted by atomic mass is 10.1. The average Bonchev–Trinajstić information content (AvgIpc) is 3.26. The predicted octanol–water partition coefficient (Wildman–Crippen LogP) is 14.6. The van der Waals surface area contributed by atoms with Crippen molar-refractivity contribution in [1.82, 2.24) is 0 Å². The van der Waals surface area contributed by atoms with Gasteiger partial charge in [-0.3, -0.25) is 9.59 Å². The summed E-state index contributed by atoms with van der Waals surface area (Å²) < 4.78 is 17.3. The number of unbranched alkanes of at least 4 members (excludes halogenated alkanes) is 15. The lowest BCUT2D eigenvalue weighted by molar-refractivity contribution is -0.887. The lowest BCUT2D eigenvalue weighted by Gasteiger charge is -2.31. The number of carboxylic acids is 1. The normalized spacial score (nSPS) is 13.7. The van der Waals surface area contributed by atoms with Crippen molar-refractivity contribution in [3.05, 3.63) is 97.2 Å². The Morgan fingerprint density at radius 2 is 0.922 bits per heavy atom. The number of hydrogen-bond donors (Lipinski definition) is 1. The summed E-state index contributed by atoms with van der Waals surface area (Å²) in [5.74, 6) is -1.54. The van der Waals surface area contributed by atoms with Crippen molar-refractivity contribution in [2.24, 2.45) is 0 Å². The maximum Gasteiger partial charge on any atom is 0.362 e. The van der Waals surface area contributed by atoms with Gasteiger partial charge >= 0.3 is 17.9 Å². The molecule has 2 unspecified atom stereocenters. The van der Waals surface area contributed by atoms with Gasteiger partial charge in [-0.2, -0.15) is 0 Å². The summed E-state index contributed by atoms with van der Waals surface area (Å²) in [6.45, 7) is 4.56. The van der Waals surface area contributed by atoms with Gasteiger partial charge in [0, 0.05) is 19.3 Å². The van der Waals surface area contributed by atoms with Gasteiger partial charge in [0.05, 0.1) is 34.4 Å². The van der Waals surface area contributed by atoms with Crippen LogP contribution in [0.25, 0.3) is 0 Å². The van der Waals surface area contributed by atoms with Crippen molar-refractivity contribution < 1.29 is 38.2 Å². The van der Waals surface area contributed by atoms with E-state index in [-0.39, 0.29) is 42.7 Å². The molecule has 64 heavy (non-hydrogen) atoms. The summed E-state index contributed by atoms with van der Waals surface area (Å²) in [6, 6.07) is -0.630. The highest BCUT2D eigenvalue weighted by Gasteiger charge is 2.31. The number of esters is 2. The average molecular weight is 893 g/mol. The first-order valence-corrected chi connectivity index (χ1v) is 25.3. The number of likely N-dealkylation sites (N-methyl/N-ethyl adjacent to an activating group) is 1. The zero-order valence-corrected chi connectivity index (χ0v) is 41.4. The van der Waals surface area contributed by atoms with Crippen LogP contribution in [-0.2, 0) is 28.6 Å². The van der Waals surface area contributed by atoms with Gasteiger partial charge in [-0.1, -0.05) is 175 Å². The second-order valence-electron chi connectivity index (χ2n) is 17.7. The number of aliphatic carboxylic acids is 1. The molecular weight excluding hydrogens is 799 g/mol. The molecule has 0 radical (unpaired) electrons. The molecule has 0 aromatic carbocycles. The Labute approximate surface area is 392 Å². The van der Waals surface area contributed by atoms with Crippen LogP contribution in [0.4, 0.5) is 0 Å². The minimum atomic E-state index is -0.886. The number of quaternary nitrogens is 1. The molecule has 0 aliphatic heterocycles. The number of carbonyl (C=O) groups excluding carboxylic acids is 2. The Kier molecular flexibility index (Phi) is 43.1. The van der Waals surface area contributed by atoms with Gasteiger partial charge in [0.2, 0.25) is 0 Å². The molecule has 0 fully saturated rings. The number of carboxylic acid groups (broad SMARTS) is 1. The second-order valence-corrected chi connectivity index (χ2v) is 17.7. The minimum absolute atomic E-state index is 0.0363. The molecule has 0 aliphatic rings. The topological polar surface area (TPSA) is 99.1 Å². The molecule has 1 N–H and O–H groups in total. The van der Waals surface area contributed by atoms with Crippen molar-refractivity contribution in [1.29, 1.82) is 0 Å². The minimum Gasteiger partial charge on any atom is -0.477 e. The number of hydrogen-bond acceptors (Lipinski definition) is 6. The lowest BCUT2D eigenvalue weighted by Crippen LogP contribution is -2.50.